The molecular weight excluding hydrogens is 428 g/mol. The average molecular weight is 455 g/mol. The van der Waals surface area contributed by atoms with Crippen LogP contribution >= 0.6 is 23.1 Å². The molecule has 162 valence electrons. The number of aryl methyl sites for hydroxylation is 1. The van der Waals surface area contributed by atoms with Crippen molar-refractivity contribution >= 4 is 40.3 Å². The van der Waals surface area contributed by atoms with E-state index in [-0.39, 0.29) is 0 Å². The Morgan fingerprint density at radius 1 is 1.19 bits per heavy atom. The monoisotopic (exact) mass is 454 g/mol. The summed E-state index contributed by atoms with van der Waals surface area (Å²) in [6, 6.07) is 6.15. The minimum absolute atomic E-state index is 0.718. The first kappa shape index (κ1) is 21.5. The summed E-state index contributed by atoms with van der Waals surface area (Å²) in [5.41, 5.74) is 4.55. The fraction of sp³-hybridized carbons (Fsp3) is 0.304. The molecule has 3 aromatic heterocycles. The van der Waals surface area contributed by atoms with Crippen LogP contribution in [0.4, 0.5) is 11.5 Å². The molecule has 0 aliphatic carbocycles. The third-order valence-corrected chi connectivity index (χ3v) is 6.42. The maximum absolute atomic E-state index is 5.71. The fourth-order valence-electron chi connectivity index (χ4n) is 3.77. The van der Waals surface area contributed by atoms with E-state index in [0.29, 0.717) is 0 Å². The van der Waals surface area contributed by atoms with Crippen LogP contribution in [0.1, 0.15) is 18.9 Å². The first-order chi connectivity index (χ1) is 15.1. The van der Waals surface area contributed by atoms with Crippen molar-refractivity contribution in [2.75, 3.05) is 31.9 Å². The van der Waals surface area contributed by atoms with Gasteiger partial charge < -0.3 is 14.4 Å². The van der Waals surface area contributed by atoms with Gasteiger partial charge in [-0.3, -0.25) is 9.38 Å². The van der Waals surface area contributed by atoms with Crippen LogP contribution in [0.2, 0.25) is 0 Å². The Morgan fingerprint density at radius 3 is 2.52 bits per heavy atom. The number of anilines is 2. The van der Waals surface area contributed by atoms with E-state index in [2.05, 4.69) is 39.3 Å². The third-order valence-electron chi connectivity index (χ3n) is 5.09. The highest BCUT2D eigenvalue weighted by Crippen LogP contribution is 2.42. The predicted molar refractivity (Wildman–Crippen MR) is 130 cm³/mol. The molecule has 0 bridgehead atoms. The van der Waals surface area contributed by atoms with Crippen LogP contribution in [0.15, 0.2) is 46.4 Å². The van der Waals surface area contributed by atoms with Gasteiger partial charge in [0.2, 0.25) is 0 Å². The quantitative estimate of drug-likeness (QED) is 0.302. The van der Waals surface area contributed by atoms with Gasteiger partial charge in [0.1, 0.15) is 22.2 Å². The molecule has 0 spiro atoms. The fourth-order valence-corrected chi connectivity index (χ4v) is 4.98. The lowest BCUT2D eigenvalue weighted by atomic mass is 10.1. The largest absolute Gasteiger partial charge is 0.496 e. The van der Waals surface area contributed by atoms with Gasteiger partial charge in [-0.25, -0.2) is 4.98 Å². The number of hydrogen-bond acceptors (Lipinski definition) is 7. The van der Waals surface area contributed by atoms with Gasteiger partial charge >= 0.3 is 0 Å². The van der Waals surface area contributed by atoms with E-state index in [0.717, 1.165) is 57.8 Å². The third kappa shape index (κ3) is 3.85. The van der Waals surface area contributed by atoms with Crippen LogP contribution < -0.4 is 14.4 Å². The molecule has 0 saturated heterocycles. The Bertz CT molecular complexity index is 1160. The highest BCUT2D eigenvalue weighted by molar-refractivity contribution is 7.98. The molecule has 0 amide bonds. The van der Waals surface area contributed by atoms with Gasteiger partial charge in [-0.2, -0.15) is 11.3 Å². The number of hydrogen-bond donors (Lipinski definition) is 0. The molecule has 0 unspecified atom stereocenters. The predicted octanol–water partition coefficient (Wildman–Crippen LogP) is 6.05. The summed E-state index contributed by atoms with van der Waals surface area (Å²) in [5.74, 6) is 2.49. The molecule has 0 aliphatic heterocycles. The topological polar surface area (TPSA) is 51.9 Å². The smallest absolute Gasteiger partial charge is 0.166 e. The molecule has 0 fully saturated rings. The maximum atomic E-state index is 5.71. The van der Waals surface area contributed by atoms with Crippen LogP contribution in [0.25, 0.3) is 16.9 Å². The second-order valence-electron chi connectivity index (χ2n) is 7.09. The van der Waals surface area contributed by atoms with E-state index < -0.39 is 0 Å². The lowest BCUT2D eigenvalue weighted by Crippen LogP contribution is -2.19. The van der Waals surface area contributed by atoms with Crippen LogP contribution in [-0.4, -0.2) is 41.4 Å². The Morgan fingerprint density at radius 2 is 1.94 bits per heavy atom. The summed E-state index contributed by atoms with van der Waals surface area (Å²) in [6.07, 6.45) is 6.87. The summed E-state index contributed by atoms with van der Waals surface area (Å²) < 4.78 is 13.5. The van der Waals surface area contributed by atoms with E-state index in [1.54, 1.807) is 37.3 Å². The minimum atomic E-state index is 0.718. The molecule has 0 radical (unpaired) electrons. The van der Waals surface area contributed by atoms with Crippen molar-refractivity contribution < 1.29 is 9.47 Å². The second-order valence-corrected chi connectivity index (χ2v) is 8.67. The Labute approximate surface area is 190 Å². The Hall–Kier alpha value is -2.71. The zero-order valence-electron chi connectivity index (χ0n) is 18.4. The summed E-state index contributed by atoms with van der Waals surface area (Å²) in [7, 11) is 3.34. The molecule has 0 atom stereocenters. The van der Waals surface area contributed by atoms with E-state index in [1.165, 1.54) is 5.69 Å². The van der Waals surface area contributed by atoms with E-state index in [4.69, 9.17) is 19.4 Å². The van der Waals surface area contributed by atoms with Crippen LogP contribution in [0, 0.1) is 6.92 Å². The standard InChI is InChI=1S/C23H26N4O2S2/c1-6-9-26(16-7-11-31-14-16)23-22(30-5)25-21-20(24-8-10-27(21)23)19-17(28-3)12-15(2)13-18(19)29-4/h7-8,10-14H,6,9H2,1-5H3. The number of ether oxygens (including phenoxy) is 2. The van der Waals surface area contributed by atoms with Gasteiger partial charge in [-0.05, 0) is 48.7 Å². The molecule has 0 aliphatic rings. The zero-order valence-corrected chi connectivity index (χ0v) is 20.0. The van der Waals surface area contributed by atoms with E-state index in [9.17, 15) is 0 Å². The lowest BCUT2D eigenvalue weighted by molar-refractivity contribution is 0.396. The molecule has 3 heterocycles. The van der Waals surface area contributed by atoms with Crippen molar-refractivity contribution in [1.82, 2.24) is 14.4 Å². The number of benzene rings is 1. The summed E-state index contributed by atoms with van der Waals surface area (Å²) in [6.45, 7) is 5.11. The second kappa shape index (κ2) is 9.20. The number of methoxy groups -OCH3 is 2. The molecule has 4 rings (SSSR count). The molecular formula is C23H26N4O2S2. The highest BCUT2D eigenvalue weighted by atomic mass is 32.2. The van der Waals surface area contributed by atoms with Crippen molar-refractivity contribution in [1.29, 1.82) is 0 Å². The SMILES string of the molecule is CCCN(c1ccsc1)c1c(SC)nc2c(-c3c(OC)cc(C)cc3OC)nccn12. The van der Waals surface area contributed by atoms with E-state index in [1.807, 2.05) is 31.5 Å². The lowest BCUT2D eigenvalue weighted by Gasteiger charge is -2.23. The van der Waals surface area contributed by atoms with Crippen molar-refractivity contribution in [2.45, 2.75) is 25.3 Å². The van der Waals surface area contributed by atoms with Crippen LogP contribution in [0.5, 0.6) is 11.5 Å². The first-order valence-corrected chi connectivity index (χ1v) is 12.2. The number of thiophene rings is 1. The van der Waals surface area contributed by atoms with Gasteiger partial charge in [0.05, 0.1) is 25.5 Å². The van der Waals surface area contributed by atoms with Crippen molar-refractivity contribution in [3.63, 3.8) is 0 Å². The average Bonchev–Trinajstić information content (AvgIpc) is 3.44. The summed E-state index contributed by atoms with van der Waals surface area (Å²) in [5, 5.41) is 5.24. The van der Waals surface area contributed by atoms with Crippen molar-refractivity contribution in [3.05, 3.63) is 46.9 Å². The van der Waals surface area contributed by atoms with Crippen molar-refractivity contribution in [3.8, 4) is 22.8 Å². The number of aromatic nitrogens is 3. The molecule has 0 N–H and O–H groups in total. The van der Waals surface area contributed by atoms with Crippen LogP contribution in [-0.2, 0) is 0 Å². The molecule has 31 heavy (non-hydrogen) atoms. The molecule has 1 aromatic carbocycles. The zero-order chi connectivity index (χ0) is 22.0. The van der Waals surface area contributed by atoms with Gasteiger partial charge in [0, 0.05) is 24.3 Å². The Balaban J connectivity index is 2.01. The number of fused-ring (bicyclic) bond motifs is 1. The maximum Gasteiger partial charge on any atom is 0.166 e. The number of imidazole rings is 1. The number of nitrogens with zero attached hydrogens (tertiary/aromatic N) is 4. The van der Waals surface area contributed by atoms with Gasteiger partial charge in [-0.1, -0.05) is 6.92 Å². The number of thioether (sulfide) groups is 1. The normalized spacial score (nSPS) is 11.1. The Kier molecular flexibility index (Phi) is 6.38. The highest BCUT2D eigenvalue weighted by Gasteiger charge is 2.25. The minimum Gasteiger partial charge on any atom is -0.496 e. The molecule has 6 nitrogen and oxygen atoms in total. The summed E-state index contributed by atoms with van der Waals surface area (Å²) >= 11 is 3.34. The van der Waals surface area contributed by atoms with Crippen LogP contribution in [0.3, 0.4) is 0 Å². The molecule has 8 heteroatoms. The molecule has 4 aromatic rings. The van der Waals surface area contributed by atoms with Gasteiger partial charge in [0.25, 0.3) is 0 Å². The first-order valence-electron chi connectivity index (χ1n) is 10.1. The summed E-state index contributed by atoms with van der Waals surface area (Å²) in [4.78, 5) is 12.0. The van der Waals surface area contributed by atoms with Crippen molar-refractivity contribution in [2.24, 2.45) is 0 Å². The van der Waals surface area contributed by atoms with E-state index >= 15 is 0 Å². The molecule has 0 saturated carbocycles. The number of rotatable bonds is 8. The van der Waals surface area contributed by atoms with Gasteiger partial charge in [0.15, 0.2) is 11.5 Å². The van der Waals surface area contributed by atoms with Gasteiger partial charge in [-0.15, -0.1) is 11.8 Å².